The first-order valence-electron chi connectivity index (χ1n) is 11.3. The molecule has 1 rings (SSSR count). The van der Waals surface area contributed by atoms with E-state index >= 15 is 0 Å². The third kappa shape index (κ3) is 6.23. The summed E-state index contributed by atoms with van der Waals surface area (Å²) in [4.78, 5) is 0. The first-order chi connectivity index (χ1) is 14.4. The van der Waals surface area contributed by atoms with E-state index in [4.69, 9.17) is 28.4 Å². The van der Waals surface area contributed by atoms with Crippen molar-refractivity contribution < 1.29 is 28.4 Å². The minimum absolute atomic E-state index is 0.162. The van der Waals surface area contributed by atoms with Gasteiger partial charge in [0.1, 0.15) is 0 Å². The SMILES string of the molecule is CCOC([SiH3])C(OCC)(OCC)c1cccc(C(OCC)(OCC)C([SiH3])OCC)c1. The second-order valence-corrected chi connectivity index (χ2v) is 8.94. The largest absolute Gasteiger partial charge is 0.377 e. The average molecular weight is 459 g/mol. The molecular weight excluding hydrogens is 416 g/mol. The lowest BCUT2D eigenvalue weighted by Crippen LogP contribution is -2.49. The van der Waals surface area contributed by atoms with Gasteiger partial charge in [0.05, 0.1) is 11.5 Å². The zero-order chi connectivity index (χ0) is 22.6. The van der Waals surface area contributed by atoms with E-state index in [1.54, 1.807) is 0 Å². The maximum atomic E-state index is 6.25. The molecule has 1 aromatic carbocycles. The molecule has 0 bridgehead atoms. The fourth-order valence-electron chi connectivity index (χ4n) is 3.89. The third-order valence-electron chi connectivity index (χ3n) is 5.01. The van der Waals surface area contributed by atoms with Gasteiger partial charge >= 0.3 is 0 Å². The van der Waals surface area contributed by atoms with Crippen LogP contribution < -0.4 is 0 Å². The van der Waals surface area contributed by atoms with Gasteiger partial charge in [-0.3, -0.25) is 0 Å². The zero-order valence-corrected chi connectivity index (χ0v) is 24.2. The Morgan fingerprint density at radius 3 is 1.23 bits per heavy atom. The molecule has 0 saturated heterocycles. The molecule has 0 saturated carbocycles. The Morgan fingerprint density at radius 1 is 0.633 bits per heavy atom. The zero-order valence-electron chi connectivity index (χ0n) is 20.2. The Morgan fingerprint density at radius 2 is 0.967 bits per heavy atom. The standard InChI is InChI=1S/C22H42O6Si2/c1-7-23-19(29)21(25-9-3,26-10-4)17-14-13-15-18(16-17)22(27-11-5,28-12-6)20(30)24-8-2/h13-16,19-20H,7-12H2,1-6,29-30H3. The highest BCUT2D eigenvalue weighted by molar-refractivity contribution is 6.12. The lowest BCUT2D eigenvalue weighted by molar-refractivity contribution is -0.283. The summed E-state index contributed by atoms with van der Waals surface area (Å²) in [7, 11) is 1.51. The maximum absolute atomic E-state index is 6.25. The van der Waals surface area contributed by atoms with Gasteiger partial charge < -0.3 is 28.4 Å². The lowest BCUT2D eigenvalue weighted by atomic mass is 9.97. The van der Waals surface area contributed by atoms with E-state index in [0.29, 0.717) is 39.6 Å². The van der Waals surface area contributed by atoms with Crippen LogP contribution >= 0.6 is 0 Å². The molecule has 2 atom stereocenters. The molecule has 0 amide bonds. The summed E-state index contributed by atoms with van der Waals surface area (Å²) in [5.41, 5.74) is 1.49. The predicted molar refractivity (Wildman–Crippen MR) is 127 cm³/mol. The summed E-state index contributed by atoms with van der Waals surface area (Å²) in [5, 5.41) is 0. The molecule has 0 N–H and O–H groups in total. The van der Waals surface area contributed by atoms with Crippen LogP contribution in [-0.2, 0) is 40.0 Å². The maximum Gasteiger partial charge on any atom is 0.217 e. The fraction of sp³-hybridized carbons (Fsp3) is 0.727. The smallest absolute Gasteiger partial charge is 0.217 e. The van der Waals surface area contributed by atoms with E-state index in [1.807, 2.05) is 59.7 Å². The van der Waals surface area contributed by atoms with Gasteiger partial charge in [0.15, 0.2) is 0 Å². The molecule has 8 heteroatoms. The summed E-state index contributed by atoms with van der Waals surface area (Å²) in [5.74, 6) is -1.92. The van der Waals surface area contributed by atoms with E-state index in [1.165, 1.54) is 0 Å². The summed E-state index contributed by atoms with van der Waals surface area (Å²) in [6, 6.07) is 8.14. The van der Waals surface area contributed by atoms with Crippen LogP contribution in [0.25, 0.3) is 0 Å². The third-order valence-corrected chi connectivity index (χ3v) is 7.19. The minimum atomic E-state index is -0.960. The summed E-state index contributed by atoms with van der Waals surface area (Å²) in [6.07, 6.45) is 0. The van der Waals surface area contributed by atoms with Crippen molar-refractivity contribution >= 4 is 20.5 Å². The number of hydrogen-bond donors (Lipinski definition) is 0. The average Bonchev–Trinajstić information content (AvgIpc) is 2.73. The van der Waals surface area contributed by atoms with Crippen molar-refractivity contribution in [2.45, 2.75) is 64.6 Å². The van der Waals surface area contributed by atoms with Gasteiger partial charge in [-0.05, 0) is 47.6 Å². The molecule has 0 heterocycles. The molecule has 0 aromatic heterocycles. The predicted octanol–water partition coefficient (Wildman–Crippen LogP) is 1.59. The van der Waals surface area contributed by atoms with Crippen molar-refractivity contribution in [3.8, 4) is 0 Å². The monoisotopic (exact) mass is 458 g/mol. The second-order valence-electron chi connectivity index (χ2n) is 6.84. The molecule has 1 aromatic rings. The van der Waals surface area contributed by atoms with Crippen LogP contribution in [0.15, 0.2) is 24.3 Å². The highest BCUT2D eigenvalue weighted by atomic mass is 28.1. The Kier molecular flexibility index (Phi) is 12.6. The van der Waals surface area contributed by atoms with E-state index in [-0.39, 0.29) is 11.5 Å². The van der Waals surface area contributed by atoms with E-state index < -0.39 is 11.6 Å². The van der Waals surface area contributed by atoms with Gasteiger partial charge in [-0.25, -0.2) is 0 Å². The molecule has 174 valence electrons. The van der Waals surface area contributed by atoms with Crippen LogP contribution in [-0.4, -0.2) is 71.6 Å². The number of hydrogen-bond acceptors (Lipinski definition) is 6. The number of rotatable bonds is 16. The first kappa shape index (κ1) is 27.4. The van der Waals surface area contributed by atoms with Crippen LogP contribution in [0.1, 0.15) is 52.7 Å². The molecule has 0 fully saturated rings. The van der Waals surface area contributed by atoms with Crippen LogP contribution in [0.4, 0.5) is 0 Å². The summed E-state index contributed by atoms with van der Waals surface area (Å²) in [6.45, 7) is 15.2. The van der Waals surface area contributed by atoms with E-state index in [2.05, 4.69) is 6.07 Å². The summed E-state index contributed by atoms with van der Waals surface area (Å²) >= 11 is 0. The van der Waals surface area contributed by atoms with Crippen LogP contribution in [0.5, 0.6) is 0 Å². The van der Waals surface area contributed by atoms with Crippen LogP contribution in [0, 0.1) is 0 Å². The molecule has 0 radical (unpaired) electrons. The van der Waals surface area contributed by atoms with Crippen molar-refractivity contribution in [2.75, 3.05) is 39.6 Å². The molecule has 2 unspecified atom stereocenters. The van der Waals surface area contributed by atoms with Gasteiger partial charge in [-0.15, -0.1) is 0 Å². The Hall–Kier alpha value is -0.586. The van der Waals surface area contributed by atoms with Gasteiger partial charge in [0.2, 0.25) is 11.6 Å². The molecule has 0 aliphatic heterocycles. The quantitative estimate of drug-likeness (QED) is 0.277. The Labute approximate surface area is 188 Å². The second kappa shape index (κ2) is 13.7. The van der Waals surface area contributed by atoms with Gasteiger partial charge in [0.25, 0.3) is 0 Å². The molecule has 0 spiro atoms. The van der Waals surface area contributed by atoms with Crippen molar-refractivity contribution in [2.24, 2.45) is 0 Å². The molecule has 0 aliphatic carbocycles. The first-order valence-corrected chi connectivity index (χ1v) is 13.6. The normalized spacial score (nSPS) is 14.9. The van der Waals surface area contributed by atoms with Gasteiger partial charge in [0, 0.05) is 71.3 Å². The van der Waals surface area contributed by atoms with Crippen molar-refractivity contribution in [1.82, 2.24) is 0 Å². The molecular formula is C22H42O6Si2. The van der Waals surface area contributed by atoms with Crippen LogP contribution in [0.2, 0.25) is 0 Å². The highest BCUT2D eigenvalue weighted by Crippen LogP contribution is 2.37. The van der Waals surface area contributed by atoms with Crippen LogP contribution in [0.3, 0.4) is 0 Å². The number of ether oxygens (including phenoxy) is 6. The van der Waals surface area contributed by atoms with Crippen molar-refractivity contribution in [3.63, 3.8) is 0 Å². The van der Waals surface area contributed by atoms with Gasteiger partial charge in [-0.2, -0.15) is 0 Å². The lowest BCUT2D eigenvalue weighted by Gasteiger charge is -2.41. The fourth-order valence-corrected chi connectivity index (χ4v) is 5.89. The topological polar surface area (TPSA) is 55.4 Å². The minimum Gasteiger partial charge on any atom is -0.377 e. The van der Waals surface area contributed by atoms with Gasteiger partial charge in [-0.1, -0.05) is 18.2 Å². The Balaban J connectivity index is 3.62. The van der Waals surface area contributed by atoms with Crippen molar-refractivity contribution in [1.29, 1.82) is 0 Å². The molecule has 6 nitrogen and oxygen atoms in total. The summed E-state index contributed by atoms with van der Waals surface area (Å²) < 4.78 is 37.0. The number of benzene rings is 1. The molecule has 0 aliphatic rings. The molecule has 30 heavy (non-hydrogen) atoms. The van der Waals surface area contributed by atoms with Crippen molar-refractivity contribution in [3.05, 3.63) is 35.4 Å². The van der Waals surface area contributed by atoms with E-state index in [0.717, 1.165) is 31.6 Å². The Bertz CT molecular complexity index is 541. The van der Waals surface area contributed by atoms with E-state index in [9.17, 15) is 0 Å². The highest BCUT2D eigenvalue weighted by Gasteiger charge is 2.44.